The van der Waals surface area contributed by atoms with Gasteiger partial charge in [0.05, 0.1) is 6.16 Å². The molecular weight excluding hydrogens is 415 g/mol. The van der Waals surface area contributed by atoms with Gasteiger partial charge in [-0.25, -0.2) is 8.78 Å². The standard InChI is InChI=1S/C21H28F2NO3PS/c22-19-15-21(29-13-6-2-5-10-17-8-3-1-4-9-17)20(23)14-18(19)16-24-11-7-12-28(25,26)27/h1,3-4,8-9,14-15,24H,2,5-7,10-13,16H2,(H2,25,26,27). The van der Waals surface area contributed by atoms with E-state index < -0.39 is 19.2 Å². The Bertz CT molecular complexity index is 802. The van der Waals surface area contributed by atoms with Crippen LogP contribution in [-0.2, 0) is 17.5 Å². The van der Waals surface area contributed by atoms with Crippen molar-refractivity contribution in [1.29, 1.82) is 0 Å². The molecule has 0 aromatic heterocycles. The predicted octanol–water partition coefficient (Wildman–Crippen LogP) is 5.13. The Labute approximate surface area is 175 Å². The first kappa shape index (κ1) is 24.0. The third-order valence-electron chi connectivity index (χ3n) is 4.43. The van der Waals surface area contributed by atoms with Crippen molar-refractivity contribution in [3.8, 4) is 0 Å². The van der Waals surface area contributed by atoms with Gasteiger partial charge in [0.2, 0.25) is 0 Å². The van der Waals surface area contributed by atoms with Gasteiger partial charge in [0, 0.05) is 17.0 Å². The van der Waals surface area contributed by atoms with Gasteiger partial charge in [-0.15, -0.1) is 11.8 Å². The molecule has 0 bridgehead atoms. The van der Waals surface area contributed by atoms with Crippen LogP contribution in [0.1, 0.15) is 36.8 Å². The Kier molecular flexibility index (Phi) is 10.3. The first-order valence-corrected chi connectivity index (χ1v) is 12.5. The second-order valence-corrected chi connectivity index (χ2v) is 9.85. The molecule has 0 amide bonds. The van der Waals surface area contributed by atoms with Gasteiger partial charge in [-0.3, -0.25) is 4.57 Å². The molecule has 0 unspecified atom stereocenters. The van der Waals surface area contributed by atoms with Crippen LogP contribution in [0.15, 0.2) is 47.4 Å². The zero-order valence-electron chi connectivity index (χ0n) is 16.3. The molecule has 2 aromatic rings. The van der Waals surface area contributed by atoms with Gasteiger partial charge in [0.1, 0.15) is 11.6 Å². The van der Waals surface area contributed by atoms with Crippen LogP contribution in [0.25, 0.3) is 0 Å². The fourth-order valence-electron chi connectivity index (χ4n) is 2.88. The number of halogens is 2. The van der Waals surface area contributed by atoms with Gasteiger partial charge in [-0.1, -0.05) is 36.8 Å². The molecule has 160 valence electrons. The highest BCUT2D eigenvalue weighted by atomic mass is 32.2. The Morgan fingerprint density at radius 1 is 0.966 bits per heavy atom. The average Bonchev–Trinajstić information content (AvgIpc) is 2.67. The molecule has 2 rings (SSSR count). The molecule has 0 aliphatic heterocycles. The fraction of sp³-hybridized carbons (Fsp3) is 0.429. The minimum absolute atomic E-state index is 0.119. The van der Waals surface area contributed by atoms with Gasteiger partial charge in [0.25, 0.3) is 0 Å². The largest absolute Gasteiger partial charge is 0.325 e. The molecule has 0 atom stereocenters. The van der Waals surface area contributed by atoms with Crippen LogP contribution in [0.3, 0.4) is 0 Å². The summed E-state index contributed by atoms with van der Waals surface area (Å²) < 4.78 is 39.2. The first-order valence-electron chi connectivity index (χ1n) is 9.75. The van der Waals surface area contributed by atoms with Crippen LogP contribution in [0.5, 0.6) is 0 Å². The second-order valence-electron chi connectivity index (χ2n) is 6.94. The minimum Gasteiger partial charge on any atom is -0.324 e. The molecule has 0 saturated heterocycles. The van der Waals surface area contributed by atoms with Gasteiger partial charge < -0.3 is 15.1 Å². The number of hydrogen-bond donors (Lipinski definition) is 3. The zero-order valence-corrected chi connectivity index (χ0v) is 18.0. The molecule has 0 heterocycles. The van der Waals surface area contributed by atoms with E-state index in [4.69, 9.17) is 9.79 Å². The summed E-state index contributed by atoms with van der Waals surface area (Å²) in [5.41, 5.74) is 1.53. The number of aryl methyl sites for hydroxylation is 1. The summed E-state index contributed by atoms with van der Waals surface area (Å²) in [6, 6.07) is 12.7. The van der Waals surface area contributed by atoms with E-state index in [1.165, 1.54) is 29.5 Å². The van der Waals surface area contributed by atoms with Crippen LogP contribution in [0.2, 0.25) is 0 Å². The number of hydrogen-bond acceptors (Lipinski definition) is 3. The lowest BCUT2D eigenvalue weighted by atomic mass is 10.1. The zero-order chi connectivity index (χ0) is 21.1. The summed E-state index contributed by atoms with van der Waals surface area (Å²) in [6.07, 6.45) is 4.15. The summed E-state index contributed by atoms with van der Waals surface area (Å²) >= 11 is 1.33. The van der Waals surface area contributed by atoms with Crippen molar-refractivity contribution in [2.24, 2.45) is 0 Å². The molecule has 8 heteroatoms. The topological polar surface area (TPSA) is 69.6 Å². The van der Waals surface area contributed by atoms with E-state index in [2.05, 4.69) is 17.4 Å². The van der Waals surface area contributed by atoms with E-state index in [-0.39, 0.29) is 24.7 Å². The van der Waals surface area contributed by atoms with Gasteiger partial charge in [-0.2, -0.15) is 0 Å². The highest BCUT2D eigenvalue weighted by Crippen LogP contribution is 2.34. The van der Waals surface area contributed by atoms with Crippen LogP contribution in [-0.4, -0.2) is 28.2 Å². The maximum Gasteiger partial charge on any atom is 0.325 e. The maximum atomic E-state index is 14.2. The highest BCUT2D eigenvalue weighted by molar-refractivity contribution is 7.99. The summed E-state index contributed by atoms with van der Waals surface area (Å²) in [5, 5.41) is 2.88. The van der Waals surface area contributed by atoms with Gasteiger partial charge >= 0.3 is 7.60 Å². The summed E-state index contributed by atoms with van der Waals surface area (Å²) in [7, 11) is -4.01. The van der Waals surface area contributed by atoms with Crippen molar-refractivity contribution in [3.05, 3.63) is 65.2 Å². The second kappa shape index (κ2) is 12.5. The maximum absolute atomic E-state index is 14.2. The molecule has 2 aromatic carbocycles. The fourth-order valence-corrected chi connectivity index (χ4v) is 4.41. The Morgan fingerprint density at radius 2 is 1.72 bits per heavy atom. The molecule has 0 fully saturated rings. The molecule has 4 nitrogen and oxygen atoms in total. The third-order valence-corrected chi connectivity index (χ3v) is 6.44. The molecule has 3 N–H and O–H groups in total. The van der Waals surface area contributed by atoms with Crippen molar-refractivity contribution < 1.29 is 23.1 Å². The van der Waals surface area contributed by atoms with Crippen LogP contribution in [0.4, 0.5) is 8.78 Å². The van der Waals surface area contributed by atoms with Crippen molar-refractivity contribution in [2.75, 3.05) is 18.5 Å². The molecule has 0 spiro atoms. The van der Waals surface area contributed by atoms with E-state index in [1.54, 1.807) is 0 Å². The number of rotatable bonds is 13. The number of thioether (sulfide) groups is 1. The van der Waals surface area contributed by atoms with E-state index in [9.17, 15) is 13.3 Å². The number of unbranched alkanes of at least 4 members (excludes halogenated alkanes) is 2. The number of benzene rings is 2. The molecule has 0 radical (unpaired) electrons. The molecule has 0 aliphatic carbocycles. The lowest BCUT2D eigenvalue weighted by Gasteiger charge is -2.10. The van der Waals surface area contributed by atoms with E-state index in [0.717, 1.165) is 31.4 Å². The molecular formula is C21H28F2NO3PS. The minimum atomic E-state index is -4.01. The van der Waals surface area contributed by atoms with Crippen molar-refractivity contribution in [2.45, 2.75) is 43.5 Å². The SMILES string of the molecule is O=P(O)(O)CCCNCc1cc(F)c(SCCCCCc2ccccc2)cc1F. The number of nitrogens with one attached hydrogen (secondary N) is 1. The lowest BCUT2D eigenvalue weighted by Crippen LogP contribution is -2.17. The molecule has 0 aliphatic rings. The summed E-state index contributed by atoms with van der Waals surface area (Å²) in [5.74, 6) is -0.168. The average molecular weight is 443 g/mol. The third kappa shape index (κ3) is 9.87. The van der Waals surface area contributed by atoms with Crippen molar-refractivity contribution in [3.63, 3.8) is 0 Å². The van der Waals surface area contributed by atoms with Crippen LogP contribution < -0.4 is 5.32 Å². The Morgan fingerprint density at radius 3 is 2.45 bits per heavy atom. The quantitative estimate of drug-likeness (QED) is 0.228. The van der Waals surface area contributed by atoms with Crippen LogP contribution in [0, 0.1) is 11.6 Å². The van der Waals surface area contributed by atoms with Crippen LogP contribution >= 0.6 is 19.4 Å². The predicted molar refractivity (Wildman–Crippen MR) is 114 cm³/mol. The van der Waals surface area contributed by atoms with Crippen molar-refractivity contribution in [1.82, 2.24) is 5.32 Å². The van der Waals surface area contributed by atoms with E-state index in [1.807, 2.05) is 18.2 Å². The normalized spacial score (nSPS) is 11.7. The van der Waals surface area contributed by atoms with E-state index >= 15 is 0 Å². The highest BCUT2D eigenvalue weighted by Gasteiger charge is 2.12. The Balaban J connectivity index is 1.68. The lowest BCUT2D eigenvalue weighted by molar-refractivity contribution is 0.371. The van der Waals surface area contributed by atoms with Crippen molar-refractivity contribution >= 4 is 19.4 Å². The van der Waals surface area contributed by atoms with Gasteiger partial charge in [-0.05, 0) is 55.7 Å². The molecule has 0 saturated carbocycles. The van der Waals surface area contributed by atoms with Gasteiger partial charge in [0.15, 0.2) is 0 Å². The smallest absolute Gasteiger partial charge is 0.324 e. The molecule has 29 heavy (non-hydrogen) atoms. The monoisotopic (exact) mass is 443 g/mol. The Hall–Kier alpha value is -1.24. The van der Waals surface area contributed by atoms with E-state index in [0.29, 0.717) is 11.4 Å². The first-order chi connectivity index (χ1) is 13.8. The summed E-state index contributed by atoms with van der Waals surface area (Å²) in [4.78, 5) is 17.9. The summed E-state index contributed by atoms with van der Waals surface area (Å²) in [6.45, 7) is 0.444.